The third kappa shape index (κ3) is 3.71. The van der Waals surface area contributed by atoms with Crippen molar-refractivity contribution in [2.45, 2.75) is 31.7 Å². The summed E-state index contributed by atoms with van der Waals surface area (Å²) in [5, 5.41) is 4.66. The standard InChI is InChI=1S/C19H26N8O/c28-17(14-24-8-10-26(11-9-24)19-20-5-1-6-21-19)25-7-4-16-22-18(15-2-3-15)23-27(16)13-12-25/h1,5-6,15H,2-4,7-14H2. The van der Waals surface area contributed by atoms with Crippen LogP contribution < -0.4 is 4.90 Å². The van der Waals surface area contributed by atoms with Crippen molar-refractivity contribution in [2.75, 3.05) is 50.7 Å². The lowest BCUT2D eigenvalue weighted by atomic mass is 10.3. The Hall–Kier alpha value is -2.55. The number of anilines is 1. The Bertz CT molecular complexity index is 800. The number of hydrogen-bond donors (Lipinski definition) is 0. The van der Waals surface area contributed by atoms with Gasteiger partial charge in [-0.05, 0) is 18.9 Å². The van der Waals surface area contributed by atoms with Crippen LogP contribution in [0.5, 0.6) is 0 Å². The van der Waals surface area contributed by atoms with Gasteiger partial charge < -0.3 is 9.80 Å². The molecule has 0 atom stereocenters. The molecule has 0 unspecified atom stereocenters. The van der Waals surface area contributed by atoms with Crippen LogP contribution in [0.3, 0.4) is 0 Å². The second-order valence-electron chi connectivity index (χ2n) is 7.83. The molecule has 2 aromatic heterocycles. The summed E-state index contributed by atoms with van der Waals surface area (Å²) < 4.78 is 2.01. The van der Waals surface area contributed by atoms with Crippen molar-refractivity contribution in [3.05, 3.63) is 30.1 Å². The van der Waals surface area contributed by atoms with Gasteiger partial charge in [-0.1, -0.05) is 0 Å². The minimum Gasteiger partial charge on any atom is -0.339 e. The number of carbonyl (C=O) groups excluding carboxylic acids is 1. The summed E-state index contributed by atoms with van der Waals surface area (Å²) in [7, 11) is 0. The Morgan fingerprint density at radius 1 is 1.00 bits per heavy atom. The van der Waals surface area contributed by atoms with Gasteiger partial charge in [0, 0.05) is 64.0 Å². The first-order valence-electron chi connectivity index (χ1n) is 10.2. The molecule has 0 radical (unpaired) electrons. The predicted molar refractivity (Wildman–Crippen MR) is 103 cm³/mol. The van der Waals surface area contributed by atoms with Crippen LogP contribution in [-0.4, -0.2) is 86.3 Å². The molecule has 2 fully saturated rings. The zero-order valence-electron chi connectivity index (χ0n) is 16.1. The van der Waals surface area contributed by atoms with E-state index in [4.69, 9.17) is 4.98 Å². The Kier molecular flexibility index (Phi) is 4.67. The van der Waals surface area contributed by atoms with Crippen molar-refractivity contribution in [2.24, 2.45) is 0 Å². The summed E-state index contributed by atoms with van der Waals surface area (Å²) >= 11 is 0. The molecule has 9 heteroatoms. The molecule has 28 heavy (non-hydrogen) atoms. The van der Waals surface area contributed by atoms with E-state index in [9.17, 15) is 4.79 Å². The second-order valence-corrected chi connectivity index (χ2v) is 7.83. The van der Waals surface area contributed by atoms with Gasteiger partial charge in [-0.2, -0.15) is 5.10 Å². The van der Waals surface area contributed by atoms with E-state index in [1.54, 1.807) is 12.4 Å². The fourth-order valence-corrected chi connectivity index (χ4v) is 3.94. The number of hydrogen-bond acceptors (Lipinski definition) is 7. The molecule has 5 rings (SSSR count). The van der Waals surface area contributed by atoms with Crippen molar-refractivity contribution < 1.29 is 4.79 Å². The molecule has 4 heterocycles. The van der Waals surface area contributed by atoms with Crippen LogP contribution in [0, 0.1) is 0 Å². The average molecular weight is 382 g/mol. The topological polar surface area (TPSA) is 83.3 Å². The molecule has 0 spiro atoms. The van der Waals surface area contributed by atoms with E-state index in [2.05, 4.69) is 24.9 Å². The number of fused-ring (bicyclic) bond motifs is 1. The number of rotatable bonds is 4. The molecule has 0 bridgehead atoms. The largest absolute Gasteiger partial charge is 0.339 e. The van der Waals surface area contributed by atoms with Gasteiger partial charge in [0.1, 0.15) is 5.82 Å². The first kappa shape index (κ1) is 17.5. The average Bonchev–Trinajstić information content (AvgIpc) is 3.53. The van der Waals surface area contributed by atoms with Crippen LogP contribution in [0.15, 0.2) is 18.5 Å². The molecular formula is C19H26N8O. The van der Waals surface area contributed by atoms with Gasteiger partial charge in [0.05, 0.1) is 13.1 Å². The Morgan fingerprint density at radius 3 is 2.54 bits per heavy atom. The first-order chi connectivity index (χ1) is 13.8. The van der Waals surface area contributed by atoms with Gasteiger partial charge in [0.25, 0.3) is 0 Å². The van der Waals surface area contributed by atoms with Gasteiger partial charge in [-0.25, -0.2) is 19.6 Å². The number of nitrogens with zero attached hydrogens (tertiary/aromatic N) is 8. The van der Waals surface area contributed by atoms with Crippen molar-refractivity contribution in [3.63, 3.8) is 0 Å². The Balaban J connectivity index is 1.12. The number of aromatic nitrogens is 5. The van der Waals surface area contributed by atoms with E-state index in [1.807, 2.05) is 15.6 Å². The van der Waals surface area contributed by atoms with Gasteiger partial charge in [-0.15, -0.1) is 0 Å². The van der Waals surface area contributed by atoms with E-state index in [-0.39, 0.29) is 5.91 Å². The fourth-order valence-electron chi connectivity index (χ4n) is 3.94. The number of piperazine rings is 1. The highest BCUT2D eigenvalue weighted by molar-refractivity contribution is 5.78. The van der Waals surface area contributed by atoms with Crippen LogP contribution in [0.4, 0.5) is 5.95 Å². The minimum atomic E-state index is 0.206. The smallest absolute Gasteiger partial charge is 0.236 e. The number of amides is 1. The summed E-state index contributed by atoms with van der Waals surface area (Å²) in [6.07, 6.45) is 6.77. The lowest BCUT2D eigenvalue weighted by molar-refractivity contribution is -0.132. The first-order valence-corrected chi connectivity index (χ1v) is 10.2. The Morgan fingerprint density at radius 2 is 1.79 bits per heavy atom. The molecule has 3 aliphatic rings. The summed E-state index contributed by atoms with van der Waals surface area (Å²) in [4.78, 5) is 32.5. The SMILES string of the molecule is O=C(CN1CCN(c2ncccn2)CC1)N1CCc2nc(C3CC3)nn2CC1. The molecule has 1 aliphatic carbocycles. The third-order valence-corrected chi connectivity index (χ3v) is 5.81. The van der Waals surface area contributed by atoms with Gasteiger partial charge in [-0.3, -0.25) is 9.69 Å². The molecule has 0 N–H and O–H groups in total. The van der Waals surface area contributed by atoms with E-state index in [0.29, 0.717) is 12.5 Å². The second kappa shape index (κ2) is 7.46. The van der Waals surface area contributed by atoms with Crippen LogP contribution >= 0.6 is 0 Å². The predicted octanol–water partition coefficient (Wildman–Crippen LogP) is 0.152. The Labute approximate surface area is 164 Å². The summed E-state index contributed by atoms with van der Waals surface area (Å²) in [6.45, 7) is 6.08. The molecule has 2 aliphatic heterocycles. The maximum Gasteiger partial charge on any atom is 0.236 e. The quantitative estimate of drug-likeness (QED) is 0.744. The molecule has 9 nitrogen and oxygen atoms in total. The normalized spacial score (nSPS) is 20.7. The molecule has 148 valence electrons. The zero-order valence-corrected chi connectivity index (χ0v) is 16.1. The summed E-state index contributed by atoms with van der Waals surface area (Å²) in [5.74, 6) is 3.60. The van der Waals surface area contributed by atoms with Gasteiger partial charge in [0.2, 0.25) is 11.9 Å². The van der Waals surface area contributed by atoms with Crippen LogP contribution in [0.2, 0.25) is 0 Å². The van der Waals surface area contributed by atoms with Crippen LogP contribution in [0.25, 0.3) is 0 Å². The lowest BCUT2D eigenvalue weighted by Crippen LogP contribution is -2.50. The molecule has 1 saturated carbocycles. The molecule has 1 amide bonds. The van der Waals surface area contributed by atoms with Crippen molar-refractivity contribution in [1.29, 1.82) is 0 Å². The van der Waals surface area contributed by atoms with Crippen LogP contribution in [0.1, 0.15) is 30.4 Å². The van der Waals surface area contributed by atoms with Gasteiger partial charge >= 0.3 is 0 Å². The lowest BCUT2D eigenvalue weighted by Gasteiger charge is -2.35. The third-order valence-electron chi connectivity index (χ3n) is 5.81. The molecular weight excluding hydrogens is 356 g/mol. The van der Waals surface area contributed by atoms with Gasteiger partial charge in [0.15, 0.2) is 5.82 Å². The summed E-state index contributed by atoms with van der Waals surface area (Å²) in [5.41, 5.74) is 0. The minimum absolute atomic E-state index is 0.206. The molecule has 2 aromatic rings. The van der Waals surface area contributed by atoms with Crippen molar-refractivity contribution in [3.8, 4) is 0 Å². The van der Waals surface area contributed by atoms with Crippen LogP contribution in [-0.2, 0) is 17.8 Å². The van der Waals surface area contributed by atoms with E-state index < -0.39 is 0 Å². The highest BCUT2D eigenvalue weighted by Gasteiger charge is 2.30. The van der Waals surface area contributed by atoms with E-state index in [0.717, 1.165) is 69.8 Å². The summed E-state index contributed by atoms with van der Waals surface area (Å²) in [6, 6.07) is 1.83. The van der Waals surface area contributed by atoms with Crippen molar-refractivity contribution in [1.82, 2.24) is 34.5 Å². The van der Waals surface area contributed by atoms with E-state index in [1.165, 1.54) is 12.8 Å². The highest BCUT2D eigenvalue weighted by Crippen LogP contribution is 2.38. The highest BCUT2D eigenvalue weighted by atomic mass is 16.2. The maximum absolute atomic E-state index is 12.8. The zero-order chi connectivity index (χ0) is 18.9. The molecule has 1 saturated heterocycles. The number of carbonyl (C=O) groups is 1. The fraction of sp³-hybridized carbons (Fsp3) is 0.632. The monoisotopic (exact) mass is 382 g/mol. The molecule has 0 aromatic carbocycles. The van der Waals surface area contributed by atoms with E-state index >= 15 is 0 Å². The maximum atomic E-state index is 12.8. The van der Waals surface area contributed by atoms with Crippen molar-refractivity contribution >= 4 is 11.9 Å².